The third kappa shape index (κ3) is 22.9. The van der Waals surface area contributed by atoms with E-state index < -0.39 is 7.25 Å². The first-order chi connectivity index (χ1) is 17.7. The largest absolute Gasteiger partial charge is 1.00 e. The molecule has 0 amide bonds. The fraction of sp³-hybridized carbons (Fsp3) is 0. The average Bonchev–Trinajstić information content (AvgIpc) is 2.95. The molecule has 0 radical (unpaired) electrons. The molecule has 0 fully saturated rings. The molecule has 4 aromatic rings. The van der Waals surface area contributed by atoms with Gasteiger partial charge in [-0.3, -0.25) is 0 Å². The topological polar surface area (TPSA) is 95.2 Å². The Bertz CT molecular complexity index is 1090. The predicted octanol–water partition coefficient (Wildman–Crippen LogP) is 7.53. The van der Waals surface area contributed by atoms with Crippen LogP contribution in [0.5, 0.6) is 0 Å². The summed E-state index contributed by atoms with van der Waals surface area (Å²) in [5.41, 5.74) is 2.86. The van der Waals surface area contributed by atoms with E-state index >= 15 is 0 Å². The number of hydrogen-bond donors (Lipinski definition) is 0. The molecule has 0 atom stereocenters. The van der Waals surface area contributed by atoms with E-state index in [4.69, 9.17) is 21.0 Å². The molecular weight excluding hydrogens is 543 g/mol. The van der Waals surface area contributed by atoms with Crippen molar-refractivity contribution in [2.45, 2.75) is 0 Å². The monoisotopic (exact) mass is 562 g/mol. The quantitative estimate of drug-likeness (QED) is 0.163. The minimum atomic E-state index is -6.00. The zero-order valence-electron chi connectivity index (χ0n) is 19.7. The summed E-state index contributed by atoms with van der Waals surface area (Å²) in [6, 6.07) is 44.7. The van der Waals surface area contributed by atoms with Crippen LogP contribution in [0.3, 0.4) is 0 Å². The Morgan fingerprint density at radius 2 is 0.500 bits per heavy atom. The molecule has 0 N–H and O–H groups in total. The van der Waals surface area contributed by atoms with Gasteiger partial charge in [-0.2, -0.15) is 21.0 Å². The molecular formula is C28H20BCuF4N4. The molecule has 0 aromatic heterocycles. The van der Waals surface area contributed by atoms with Crippen LogP contribution in [-0.4, -0.2) is 7.25 Å². The predicted molar refractivity (Wildman–Crippen MR) is 135 cm³/mol. The summed E-state index contributed by atoms with van der Waals surface area (Å²) in [7, 11) is -6.00. The van der Waals surface area contributed by atoms with Crippen LogP contribution in [0.15, 0.2) is 121 Å². The number of nitrogens with zero attached hydrogens (tertiary/aromatic N) is 4. The van der Waals surface area contributed by atoms with E-state index in [2.05, 4.69) is 0 Å². The van der Waals surface area contributed by atoms with E-state index in [0.717, 1.165) is 0 Å². The van der Waals surface area contributed by atoms with Crippen molar-refractivity contribution in [3.8, 4) is 24.3 Å². The van der Waals surface area contributed by atoms with Crippen molar-refractivity contribution in [3.05, 3.63) is 144 Å². The number of rotatable bonds is 0. The van der Waals surface area contributed by atoms with Gasteiger partial charge in [0, 0.05) is 0 Å². The number of benzene rings is 4. The van der Waals surface area contributed by atoms with Gasteiger partial charge in [0.1, 0.15) is 0 Å². The van der Waals surface area contributed by atoms with Crippen LogP contribution in [0.25, 0.3) is 0 Å². The second-order valence-electron chi connectivity index (χ2n) is 6.41. The van der Waals surface area contributed by atoms with E-state index in [9.17, 15) is 17.3 Å². The first-order valence-electron chi connectivity index (χ1n) is 10.4. The van der Waals surface area contributed by atoms with Gasteiger partial charge >= 0.3 is 24.3 Å². The minimum Gasteiger partial charge on any atom is -0.418 e. The molecule has 0 aliphatic carbocycles. The summed E-state index contributed by atoms with van der Waals surface area (Å²) in [5.74, 6) is 0. The molecule has 0 saturated carbocycles. The summed E-state index contributed by atoms with van der Waals surface area (Å²) < 4.78 is 39.0. The summed E-state index contributed by atoms with van der Waals surface area (Å²) >= 11 is 0. The van der Waals surface area contributed by atoms with Gasteiger partial charge in [-0.25, -0.2) is 0 Å². The molecule has 10 heteroatoms. The number of nitriles is 4. The molecule has 0 heterocycles. The smallest absolute Gasteiger partial charge is 0.418 e. The zero-order chi connectivity index (χ0) is 27.8. The van der Waals surface area contributed by atoms with Crippen molar-refractivity contribution < 1.29 is 34.3 Å². The van der Waals surface area contributed by atoms with E-state index in [-0.39, 0.29) is 17.1 Å². The zero-order valence-corrected chi connectivity index (χ0v) is 20.7. The molecule has 0 spiro atoms. The van der Waals surface area contributed by atoms with Gasteiger partial charge in [0.25, 0.3) is 0 Å². The van der Waals surface area contributed by atoms with Gasteiger partial charge < -0.3 is 17.3 Å². The summed E-state index contributed by atoms with van der Waals surface area (Å²) in [5, 5.41) is 33.2. The van der Waals surface area contributed by atoms with Crippen molar-refractivity contribution in [1.29, 1.82) is 21.0 Å². The first-order valence-corrected chi connectivity index (χ1v) is 10.4. The Morgan fingerprint density at radius 1 is 0.368 bits per heavy atom. The number of halogens is 4. The van der Waals surface area contributed by atoms with Crippen LogP contribution in [0, 0.1) is 45.3 Å². The van der Waals surface area contributed by atoms with Crippen LogP contribution in [0.4, 0.5) is 17.3 Å². The Labute approximate surface area is 230 Å². The van der Waals surface area contributed by atoms with E-state index in [1.54, 1.807) is 48.5 Å². The third-order valence-electron chi connectivity index (χ3n) is 3.61. The van der Waals surface area contributed by atoms with Crippen LogP contribution in [0.1, 0.15) is 22.3 Å². The van der Waals surface area contributed by atoms with Crippen LogP contribution in [0.2, 0.25) is 0 Å². The first kappa shape index (κ1) is 35.3. The van der Waals surface area contributed by atoms with Crippen molar-refractivity contribution in [3.63, 3.8) is 0 Å². The maximum atomic E-state index is 9.75. The molecule has 4 rings (SSSR count). The van der Waals surface area contributed by atoms with Crippen LogP contribution < -0.4 is 0 Å². The van der Waals surface area contributed by atoms with Gasteiger partial charge in [-0.15, -0.1) is 0 Å². The van der Waals surface area contributed by atoms with Gasteiger partial charge in [0.05, 0.1) is 46.5 Å². The van der Waals surface area contributed by atoms with Crippen molar-refractivity contribution in [1.82, 2.24) is 0 Å². The molecule has 0 aliphatic heterocycles. The van der Waals surface area contributed by atoms with E-state index in [0.29, 0.717) is 22.3 Å². The summed E-state index contributed by atoms with van der Waals surface area (Å²) in [4.78, 5) is 0. The SMILES string of the molecule is F[B-](F)(F)F.N#Cc1ccccc1.N#Cc1ccccc1.N#Cc1ccccc1.N#Cc1ccccc1.[Cu+]. The van der Waals surface area contributed by atoms with Crippen LogP contribution in [-0.2, 0) is 17.1 Å². The molecule has 194 valence electrons. The Kier molecular flexibility index (Phi) is 21.0. The van der Waals surface area contributed by atoms with Crippen molar-refractivity contribution in [2.24, 2.45) is 0 Å². The van der Waals surface area contributed by atoms with Gasteiger partial charge in [-0.1, -0.05) is 72.8 Å². The molecule has 38 heavy (non-hydrogen) atoms. The summed E-state index contributed by atoms with van der Waals surface area (Å²) in [6.07, 6.45) is 0. The van der Waals surface area contributed by atoms with E-state index in [1.165, 1.54) is 0 Å². The molecule has 0 bridgehead atoms. The minimum absolute atomic E-state index is 0. The second-order valence-corrected chi connectivity index (χ2v) is 6.41. The van der Waals surface area contributed by atoms with Crippen molar-refractivity contribution in [2.75, 3.05) is 0 Å². The second kappa shape index (κ2) is 22.6. The fourth-order valence-corrected chi connectivity index (χ4v) is 2.05. The number of hydrogen-bond acceptors (Lipinski definition) is 4. The summed E-state index contributed by atoms with van der Waals surface area (Å²) in [6.45, 7) is 0. The third-order valence-corrected chi connectivity index (χ3v) is 3.61. The molecule has 0 unspecified atom stereocenters. The fourth-order valence-electron chi connectivity index (χ4n) is 2.05. The normalized spacial score (nSPS) is 8.21. The Morgan fingerprint density at radius 3 is 0.579 bits per heavy atom. The average molecular weight is 563 g/mol. The van der Waals surface area contributed by atoms with E-state index in [1.807, 2.05) is 97.1 Å². The molecule has 4 nitrogen and oxygen atoms in total. The molecule has 0 saturated heterocycles. The Balaban J connectivity index is 0. The van der Waals surface area contributed by atoms with Gasteiger partial charge in [-0.05, 0) is 48.5 Å². The van der Waals surface area contributed by atoms with Gasteiger partial charge in [0.15, 0.2) is 0 Å². The maximum absolute atomic E-state index is 9.75. The Hall–Kier alpha value is -4.86. The standard InChI is InChI=1S/4C7H5N.BF4.Cu/c4*8-6-7-4-2-1-3-5-7;2-1(3,4)5;/h4*1-5H;;/q;;;;-1;+1. The van der Waals surface area contributed by atoms with Crippen LogP contribution >= 0.6 is 0 Å². The van der Waals surface area contributed by atoms with Crippen molar-refractivity contribution >= 4 is 7.25 Å². The molecule has 4 aromatic carbocycles. The maximum Gasteiger partial charge on any atom is 1.00 e. The molecule has 0 aliphatic rings. The van der Waals surface area contributed by atoms with Gasteiger partial charge in [0.2, 0.25) is 0 Å².